The number of fused-ring (bicyclic) bond motifs is 1. The first-order valence-electron chi connectivity index (χ1n) is 11.8. The largest absolute Gasteiger partial charge is 0.438 e. The maximum atomic E-state index is 12.5. The molecule has 0 spiro atoms. The van der Waals surface area contributed by atoms with Crippen molar-refractivity contribution in [1.29, 1.82) is 0 Å². The fourth-order valence-electron chi connectivity index (χ4n) is 4.46. The Bertz CT molecular complexity index is 1320. The van der Waals surface area contributed by atoms with Gasteiger partial charge in [-0.1, -0.05) is 54.6 Å². The molecule has 5 rings (SSSR count). The van der Waals surface area contributed by atoms with Gasteiger partial charge < -0.3 is 10.1 Å². The fourth-order valence-corrected chi connectivity index (χ4v) is 4.46. The molecule has 1 amide bonds. The summed E-state index contributed by atoms with van der Waals surface area (Å²) in [5.74, 6) is 0. The summed E-state index contributed by atoms with van der Waals surface area (Å²) in [6.45, 7) is 5.86. The highest BCUT2D eigenvalue weighted by atomic mass is 16.6. The number of carbonyl (C=O) groups is 1. The second-order valence-electron chi connectivity index (χ2n) is 10.0. The van der Waals surface area contributed by atoms with E-state index in [4.69, 9.17) is 9.72 Å². The van der Waals surface area contributed by atoms with E-state index in [1.165, 1.54) is 0 Å². The van der Waals surface area contributed by atoms with E-state index in [1.807, 2.05) is 51.2 Å². The van der Waals surface area contributed by atoms with Crippen molar-refractivity contribution in [3.05, 3.63) is 84.7 Å². The van der Waals surface area contributed by atoms with Gasteiger partial charge in [-0.05, 0) is 63.3 Å². The molecule has 4 aromatic rings. The highest BCUT2D eigenvalue weighted by molar-refractivity contribution is 5.91. The molecule has 1 fully saturated rings. The number of carbonyl (C=O) groups excluding carboxylic acids is 1. The van der Waals surface area contributed by atoms with Gasteiger partial charge in [-0.25, -0.2) is 9.78 Å². The van der Waals surface area contributed by atoms with Crippen LogP contribution < -0.4 is 5.32 Å². The van der Waals surface area contributed by atoms with E-state index in [0.717, 1.165) is 58.1 Å². The van der Waals surface area contributed by atoms with Gasteiger partial charge in [0.05, 0.1) is 11.2 Å². The monoisotopic (exact) mass is 451 g/mol. The van der Waals surface area contributed by atoms with Gasteiger partial charge in [0, 0.05) is 34.4 Å². The summed E-state index contributed by atoms with van der Waals surface area (Å²) >= 11 is 0. The molecular weight excluding hydrogens is 422 g/mol. The minimum Gasteiger partial charge on any atom is -0.438 e. The van der Waals surface area contributed by atoms with Crippen molar-refractivity contribution in [2.24, 2.45) is 0 Å². The quantitative estimate of drug-likeness (QED) is 0.368. The first-order chi connectivity index (χ1) is 16.3. The molecule has 0 unspecified atom stereocenters. The number of alkyl carbamates (subject to hydrolysis) is 1. The zero-order valence-corrected chi connectivity index (χ0v) is 19.8. The van der Waals surface area contributed by atoms with Crippen molar-refractivity contribution in [2.45, 2.75) is 51.2 Å². The highest BCUT2D eigenvalue weighted by Crippen LogP contribution is 2.45. The molecule has 2 heterocycles. The summed E-state index contributed by atoms with van der Waals surface area (Å²) in [7, 11) is 0. The van der Waals surface area contributed by atoms with Crippen LogP contribution in [0.2, 0.25) is 0 Å². The summed E-state index contributed by atoms with van der Waals surface area (Å²) in [4.78, 5) is 21.8. The van der Waals surface area contributed by atoms with Gasteiger partial charge in [-0.3, -0.25) is 4.98 Å². The molecule has 0 aliphatic heterocycles. The zero-order chi connectivity index (χ0) is 23.8. The number of benzene rings is 2. The predicted molar refractivity (Wildman–Crippen MR) is 135 cm³/mol. The molecule has 172 valence electrons. The van der Waals surface area contributed by atoms with E-state index in [0.29, 0.717) is 0 Å². The average molecular weight is 452 g/mol. The second kappa shape index (κ2) is 8.56. The molecule has 2 aromatic heterocycles. The molecule has 0 saturated heterocycles. The summed E-state index contributed by atoms with van der Waals surface area (Å²) < 4.78 is 5.96. The Balaban J connectivity index is 1.51. The first kappa shape index (κ1) is 22.1. The molecule has 2 aromatic carbocycles. The molecule has 1 aliphatic rings. The van der Waals surface area contributed by atoms with E-state index in [1.54, 1.807) is 6.20 Å². The SMILES string of the molecule is CC(C)(C)NC(=O)OC1(c2ccc(-c3nc4ccncc4cc3-c3ccccc3)cc2)CCC1. The standard InChI is InChI=1S/C29H29N3O2/c1-28(2,3)32-27(33)34-29(15-7-16-29)23-12-10-21(11-13-23)26-24(20-8-5-4-6-9-20)18-22-19-30-17-14-25(22)31-26/h4-6,8-14,17-19H,7,15-16H2,1-3H3,(H,32,33). The Morgan fingerprint density at radius 3 is 2.35 bits per heavy atom. The molecular formula is C29H29N3O2. The topological polar surface area (TPSA) is 64.1 Å². The predicted octanol–water partition coefficient (Wildman–Crippen LogP) is 6.87. The van der Waals surface area contributed by atoms with Crippen LogP contribution >= 0.6 is 0 Å². The van der Waals surface area contributed by atoms with E-state index < -0.39 is 5.60 Å². The molecule has 0 bridgehead atoms. The van der Waals surface area contributed by atoms with Crippen molar-refractivity contribution in [3.63, 3.8) is 0 Å². The van der Waals surface area contributed by atoms with Gasteiger partial charge in [0.1, 0.15) is 5.60 Å². The molecule has 0 radical (unpaired) electrons. The van der Waals surface area contributed by atoms with Crippen LogP contribution in [0.1, 0.15) is 45.6 Å². The Labute approximate surface area is 200 Å². The van der Waals surface area contributed by atoms with Crippen molar-refractivity contribution in [2.75, 3.05) is 0 Å². The van der Waals surface area contributed by atoms with Crippen molar-refractivity contribution in [3.8, 4) is 22.4 Å². The van der Waals surface area contributed by atoms with Gasteiger partial charge >= 0.3 is 6.09 Å². The number of amides is 1. The third-order valence-corrected chi connectivity index (χ3v) is 6.31. The number of rotatable bonds is 4. The third kappa shape index (κ3) is 4.38. The lowest BCUT2D eigenvalue weighted by molar-refractivity contribution is -0.0549. The summed E-state index contributed by atoms with van der Waals surface area (Å²) in [6, 6.07) is 22.7. The number of ether oxygens (including phenoxy) is 1. The number of nitrogens with one attached hydrogen (secondary N) is 1. The van der Waals surface area contributed by atoms with Crippen molar-refractivity contribution < 1.29 is 9.53 Å². The van der Waals surface area contributed by atoms with Crippen molar-refractivity contribution in [1.82, 2.24) is 15.3 Å². The molecule has 34 heavy (non-hydrogen) atoms. The molecule has 0 atom stereocenters. The molecule has 5 nitrogen and oxygen atoms in total. The van der Waals surface area contributed by atoms with E-state index >= 15 is 0 Å². The maximum absolute atomic E-state index is 12.5. The first-order valence-corrected chi connectivity index (χ1v) is 11.8. The van der Waals surface area contributed by atoms with Gasteiger partial charge in [0.15, 0.2) is 0 Å². The van der Waals surface area contributed by atoms with Crippen LogP contribution in [0.25, 0.3) is 33.3 Å². The Kier molecular flexibility index (Phi) is 5.56. The Morgan fingerprint density at radius 2 is 1.71 bits per heavy atom. The number of hydrogen-bond donors (Lipinski definition) is 1. The lowest BCUT2D eigenvalue weighted by atomic mass is 9.74. The fraction of sp³-hybridized carbons (Fsp3) is 0.276. The summed E-state index contributed by atoms with van der Waals surface area (Å²) in [5.41, 5.74) is 5.16. The minimum atomic E-state index is -0.557. The van der Waals surface area contributed by atoms with Gasteiger partial charge in [0.2, 0.25) is 0 Å². The van der Waals surface area contributed by atoms with Crippen LogP contribution in [0.3, 0.4) is 0 Å². The lowest BCUT2D eigenvalue weighted by Gasteiger charge is -2.42. The smallest absolute Gasteiger partial charge is 0.408 e. The third-order valence-electron chi connectivity index (χ3n) is 6.31. The van der Waals surface area contributed by atoms with Crippen LogP contribution in [-0.4, -0.2) is 21.6 Å². The number of pyridine rings is 2. The number of nitrogens with zero attached hydrogens (tertiary/aromatic N) is 2. The Morgan fingerprint density at radius 1 is 0.971 bits per heavy atom. The number of hydrogen-bond acceptors (Lipinski definition) is 4. The highest BCUT2D eigenvalue weighted by Gasteiger charge is 2.43. The van der Waals surface area contributed by atoms with E-state index in [-0.39, 0.29) is 11.6 Å². The van der Waals surface area contributed by atoms with Crippen LogP contribution in [0.15, 0.2) is 79.1 Å². The summed E-state index contributed by atoms with van der Waals surface area (Å²) in [6.07, 6.45) is 5.96. The Hall–Kier alpha value is -3.73. The van der Waals surface area contributed by atoms with Crippen LogP contribution in [-0.2, 0) is 10.3 Å². The minimum absolute atomic E-state index is 0.336. The summed E-state index contributed by atoms with van der Waals surface area (Å²) in [5, 5.41) is 3.92. The van der Waals surface area contributed by atoms with Crippen molar-refractivity contribution >= 4 is 17.0 Å². The van der Waals surface area contributed by atoms with E-state index in [9.17, 15) is 4.79 Å². The van der Waals surface area contributed by atoms with Crippen LogP contribution in [0, 0.1) is 0 Å². The van der Waals surface area contributed by atoms with E-state index in [2.05, 4.69) is 52.8 Å². The molecule has 5 heteroatoms. The lowest BCUT2D eigenvalue weighted by Crippen LogP contribution is -2.47. The normalized spacial score (nSPS) is 14.9. The molecule has 1 saturated carbocycles. The van der Waals surface area contributed by atoms with Gasteiger partial charge in [-0.15, -0.1) is 0 Å². The molecule has 1 N–H and O–H groups in total. The van der Waals surface area contributed by atoms with Gasteiger partial charge in [-0.2, -0.15) is 0 Å². The van der Waals surface area contributed by atoms with Crippen LogP contribution in [0.4, 0.5) is 4.79 Å². The number of aromatic nitrogens is 2. The maximum Gasteiger partial charge on any atom is 0.408 e. The average Bonchev–Trinajstić information content (AvgIpc) is 2.80. The van der Waals surface area contributed by atoms with Crippen LogP contribution in [0.5, 0.6) is 0 Å². The van der Waals surface area contributed by atoms with Gasteiger partial charge in [0.25, 0.3) is 0 Å². The zero-order valence-electron chi connectivity index (χ0n) is 19.8. The molecule has 1 aliphatic carbocycles. The second-order valence-corrected chi connectivity index (χ2v) is 10.0.